The molecular weight excluding hydrogens is 156 g/mol. The molecule has 0 N–H and O–H groups in total. The van der Waals surface area contributed by atoms with Gasteiger partial charge in [0.05, 0.1) is 6.61 Å². The third-order valence-corrected chi connectivity index (χ3v) is 1.63. The smallest absolute Gasteiger partial charge is 0.119 e. The van der Waals surface area contributed by atoms with Gasteiger partial charge in [0.15, 0.2) is 0 Å². The van der Waals surface area contributed by atoms with Crippen LogP contribution in [0.1, 0.15) is 6.42 Å². The quantitative estimate of drug-likeness (QED) is 0.536. The Bertz CT molecular complexity index is 186. The van der Waals surface area contributed by atoms with E-state index < -0.39 is 0 Å². The van der Waals surface area contributed by atoms with Gasteiger partial charge in [0.25, 0.3) is 0 Å². The van der Waals surface area contributed by atoms with Gasteiger partial charge in [-0.3, -0.25) is 0 Å². The summed E-state index contributed by atoms with van der Waals surface area (Å²) in [6.07, 6.45) is 0.998. The van der Waals surface area contributed by atoms with E-state index in [-0.39, 0.29) is 0 Å². The lowest BCUT2D eigenvalue weighted by Crippen LogP contribution is -1.96. The van der Waals surface area contributed by atoms with Crippen molar-refractivity contribution in [1.82, 2.24) is 0 Å². The van der Waals surface area contributed by atoms with Crippen LogP contribution in [0.5, 0.6) is 5.75 Å². The normalized spacial score (nSPS) is 9.55. The molecule has 0 aliphatic heterocycles. The molecule has 0 spiro atoms. The monoisotopic (exact) mass is 168 g/mol. The predicted molar refractivity (Wildman–Crippen MR) is 50.4 cm³/mol. The molecular formula is C9H12OS. The van der Waals surface area contributed by atoms with E-state index in [9.17, 15) is 0 Å². The summed E-state index contributed by atoms with van der Waals surface area (Å²) < 4.78 is 5.40. The lowest BCUT2D eigenvalue weighted by Gasteiger charge is -2.02. The molecule has 0 fully saturated rings. The standard InChI is InChI=1S/C9H12OS/c11-8-4-7-10-9-5-2-1-3-6-9/h1-3,5-6,11H,4,7-8H2. The number of hydrogen-bond acceptors (Lipinski definition) is 2. The van der Waals surface area contributed by atoms with Gasteiger partial charge in [0.1, 0.15) is 5.75 Å². The van der Waals surface area contributed by atoms with E-state index in [2.05, 4.69) is 12.6 Å². The highest BCUT2D eigenvalue weighted by Crippen LogP contribution is 2.08. The molecule has 2 heteroatoms. The van der Waals surface area contributed by atoms with E-state index in [1.54, 1.807) is 0 Å². The second-order valence-corrected chi connectivity index (χ2v) is 2.69. The van der Waals surface area contributed by atoms with Gasteiger partial charge >= 0.3 is 0 Å². The average molecular weight is 168 g/mol. The fourth-order valence-electron chi connectivity index (χ4n) is 0.771. The van der Waals surface area contributed by atoms with Crippen molar-refractivity contribution in [1.29, 1.82) is 0 Å². The Morgan fingerprint density at radius 1 is 1.18 bits per heavy atom. The van der Waals surface area contributed by atoms with Gasteiger partial charge in [-0.2, -0.15) is 12.6 Å². The number of hydrogen-bond donors (Lipinski definition) is 1. The van der Waals surface area contributed by atoms with E-state index in [4.69, 9.17) is 4.74 Å². The van der Waals surface area contributed by atoms with Crippen molar-refractivity contribution < 1.29 is 4.74 Å². The third kappa shape index (κ3) is 3.33. The molecule has 0 aromatic heterocycles. The topological polar surface area (TPSA) is 9.23 Å². The van der Waals surface area contributed by atoms with E-state index in [0.717, 1.165) is 24.5 Å². The highest BCUT2D eigenvalue weighted by Gasteiger charge is 1.88. The molecule has 0 amide bonds. The Kier molecular flexibility index (Phi) is 3.91. The van der Waals surface area contributed by atoms with Crippen molar-refractivity contribution in [2.45, 2.75) is 6.42 Å². The van der Waals surface area contributed by atoms with Gasteiger partial charge < -0.3 is 4.74 Å². The molecule has 0 unspecified atom stereocenters. The fourth-order valence-corrected chi connectivity index (χ4v) is 0.900. The molecule has 1 aromatic rings. The Morgan fingerprint density at radius 2 is 1.91 bits per heavy atom. The van der Waals surface area contributed by atoms with Gasteiger partial charge in [0, 0.05) is 0 Å². The Hall–Kier alpha value is -0.630. The highest BCUT2D eigenvalue weighted by atomic mass is 32.1. The number of rotatable bonds is 4. The maximum atomic E-state index is 5.40. The molecule has 0 saturated carbocycles. The summed E-state index contributed by atoms with van der Waals surface area (Å²) in [7, 11) is 0. The molecule has 0 aliphatic carbocycles. The molecule has 0 bridgehead atoms. The van der Waals surface area contributed by atoms with Crippen LogP contribution in [-0.2, 0) is 0 Å². The molecule has 60 valence electrons. The maximum absolute atomic E-state index is 5.40. The first-order valence-corrected chi connectivity index (χ1v) is 4.35. The summed E-state index contributed by atoms with van der Waals surface area (Å²) in [5.74, 6) is 1.82. The first-order valence-electron chi connectivity index (χ1n) is 3.72. The van der Waals surface area contributed by atoms with Crippen LogP contribution in [0.15, 0.2) is 30.3 Å². The summed E-state index contributed by atoms with van der Waals surface area (Å²) >= 11 is 4.09. The van der Waals surface area contributed by atoms with E-state index >= 15 is 0 Å². The van der Waals surface area contributed by atoms with Crippen molar-refractivity contribution in [2.75, 3.05) is 12.4 Å². The van der Waals surface area contributed by atoms with Crippen LogP contribution in [0.25, 0.3) is 0 Å². The minimum atomic E-state index is 0.757. The van der Waals surface area contributed by atoms with Crippen LogP contribution in [0, 0.1) is 0 Å². The van der Waals surface area contributed by atoms with Gasteiger partial charge in [-0.05, 0) is 24.3 Å². The van der Waals surface area contributed by atoms with Crippen LogP contribution in [-0.4, -0.2) is 12.4 Å². The summed E-state index contributed by atoms with van der Waals surface area (Å²) in [6.45, 7) is 0.757. The number of benzene rings is 1. The summed E-state index contributed by atoms with van der Waals surface area (Å²) in [4.78, 5) is 0. The molecule has 1 nitrogen and oxygen atoms in total. The molecule has 1 aromatic carbocycles. The van der Waals surface area contributed by atoms with Crippen molar-refractivity contribution in [3.8, 4) is 5.75 Å². The number of thiol groups is 1. The summed E-state index contributed by atoms with van der Waals surface area (Å²) in [6, 6.07) is 9.83. The molecule has 1 rings (SSSR count). The lowest BCUT2D eigenvalue weighted by molar-refractivity contribution is 0.319. The molecule has 0 aliphatic rings. The maximum Gasteiger partial charge on any atom is 0.119 e. The predicted octanol–water partition coefficient (Wildman–Crippen LogP) is 2.39. The number of para-hydroxylation sites is 1. The minimum Gasteiger partial charge on any atom is -0.494 e. The van der Waals surface area contributed by atoms with Crippen LogP contribution >= 0.6 is 12.6 Å². The van der Waals surface area contributed by atoms with Crippen LogP contribution in [0.2, 0.25) is 0 Å². The van der Waals surface area contributed by atoms with Crippen LogP contribution in [0.3, 0.4) is 0 Å². The van der Waals surface area contributed by atoms with E-state index in [1.807, 2.05) is 30.3 Å². The first kappa shape index (κ1) is 8.47. The fraction of sp³-hybridized carbons (Fsp3) is 0.333. The van der Waals surface area contributed by atoms with Gasteiger partial charge in [-0.1, -0.05) is 18.2 Å². The largest absolute Gasteiger partial charge is 0.494 e. The van der Waals surface area contributed by atoms with Crippen molar-refractivity contribution in [3.63, 3.8) is 0 Å². The third-order valence-electron chi connectivity index (χ3n) is 1.31. The molecule has 0 atom stereocenters. The summed E-state index contributed by atoms with van der Waals surface area (Å²) in [5.41, 5.74) is 0. The average Bonchev–Trinajstić information content (AvgIpc) is 2.07. The van der Waals surface area contributed by atoms with Gasteiger partial charge in [0.2, 0.25) is 0 Å². The zero-order chi connectivity index (χ0) is 7.94. The van der Waals surface area contributed by atoms with Crippen molar-refractivity contribution in [2.24, 2.45) is 0 Å². The highest BCUT2D eigenvalue weighted by molar-refractivity contribution is 7.80. The molecule has 0 heterocycles. The zero-order valence-electron chi connectivity index (χ0n) is 6.36. The zero-order valence-corrected chi connectivity index (χ0v) is 7.26. The van der Waals surface area contributed by atoms with Crippen LogP contribution in [0.4, 0.5) is 0 Å². The van der Waals surface area contributed by atoms with Crippen molar-refractivity contribution >= 4 is 12.6 Å². The molecule has 0 saturated heterocycles. The summed E-state index contributed by atoms with van der Waals surface area (Å²) in [5, 5.41) is 0. The molecule has 11 heavy (non-hydrogen) atoms. The number of ether oxygens (including phenoxy) is 1. The van der Waals surface area contributed by atoms with E-state index in [1.165, 1.54) is 0 Å². The minimum absolute atomic E-state index is 0.757. The Balaban J connectivity index is 2.28. The van der Waals surface area contributed by atoms with Crippen LogP contribution < -0.4 is 4.74 Å². The van der Waals surface area contributed by atoms with Gasteiger partial charge in [-0.15, -0.1) is 0 Å². The SMILES string of the molecule is SCCCOc1ccccc1. The van der Waals surface area contributed by atoms with Gasteiger partial charge in [-0.25, -0.2) is 0 Å². The second kappa shape index (κ2) is 5.08. The second-order valence-electron chi connectivity index (χ2n) is 2.24. The Morgan fingerprint density at radius 3 is 2.55 bits per heavy atom. The van der Waals surface area contributed by atoms with E-state index in [0.29, 0.717) is 0 Å². The Labute approximate surface area is 72.8 Å². The first-order chi connectivity index (χ1) is 5.43. The van der Waals surface area contributed by atoms with Crippen molar-refractivity contribution in [3.05, 3.63) is 30.3 Å². The lowest BCUT2D eigenvalue weighted by atomic mass is 10.3. The molecule has 0 radical (unpaired) electrons.